The van der Waals surface area contributed by atoms with Crippen molar-refractivity contribution in [2.75, 3.05) is 25.0 Å². The summed E-state index contributed by atoms with van der Waals surface area (Å²) in [5, 5.41) is 6.13. The molecule has 8 heteroatoms. The zero-order valence-corrected chi connectivity index (χ0v) is 19.0. The van der Waals surface area contributed by atoms with Crippen molar-refractivity contribution < 1.29 is 19.1 Å². The van der Waals surface area contributed by atoms with Crippen LogP contribution in [0.15, 0.2) is 48.5 Å². The molecule has 0 saturated carbocycles. The largest absolute Gasteiger partial charge is 0.492 e. The van der Waals surface area contributed by atoms with Crippen LogP contribution in [-0.2, 0) is 16.1 Å². The van der Waals surface area contributed by atoms with Gasteiger partial charge in [0.05, 0.1) is 30.9 Å². The summed E-state index contributed by atoms with van der Waals surface area (Å²) in [6.07, 6.45) is 1.04. The number of ether oxygens (including phenoxy) is 1. The first kappa shape index (κ1) is 22.8. The lowest BCUT2D eigenvalue weighted by molar-refractivity contribution is -0.143. The van der Waals surface area contributed by atoms with E-state index in [-0.39, 0.29) is 30.8 Å². The van der Waals surface area contributed by atoms with Crippen LogP contribution in [0.2, 0.25) is 0 Å². The summed E-state index contributed by atoms with van der Waals surface area (Å²) in [7, 11) is 0. The smallest absolute Gasteiger partial charge is 0.328 e. The van der Waals surface area contributed by atoms with Crippen molar-refractivity contribution in [3.8, 4) is 5.75 Å². The quantitative estimate of drug-likeness (QED) is 0.676. The highest BCUT2D eigenvalue weighted by Crippen LogP contribution is 2.30. The van der Waals surface area contributed by atoms with Crippen molar-refractivity contribution in [3.05, 3.63) is 59.7 Å². The molecule has 2 fully saturated rings. The Balaban J connectivity index is 1.53. The Morgan fingerprint density at radius 3 is 2.67 bits per heavy atom. The monoisotopic (exact) mass is 450 g/mol. The van der Waals surface area contributed by atoms with E-state index in [9.17, 15) is 14.4 Å². The fourth-order valence-electron chi connectivity index (χ4n) is 4.41. The van der Waals surface area contributed by atoms with E-state index in [0.717, 1.165) is 17.5 Å². The Labute approximate surface area is 193 Å². The van der Waals surface area contributed by atoms with Crippen LogP contribution in [0.25, 0.3) is 0 Å². The van der Waals surface area contributed by atoms with E-state index in [2.05, 4.69) is 10.6 Å². The maximum atomic E-state index is 13.4. The summed E-state index contributed by atoms with van der Waals surface area (Å²) in [6.45, 7) is 5.06. The first-order chi connectivity index (χ1) is 16.0. The number of hydrogen-bond acceptors (Lipinski definition) is 5. The van der Waals surface area contributed by atoms with E-state index in [1.165, 1.54) is 9.80 Å². The molecular formula is C25H30N4O4. The Bertz CT molecular complexity index is 1020. The summed E-state index contributed by atoms with van der Waals surface area (Å²) in [5.41, 5.74) is 2.53. The number of benzene rings is 2. The molecule has 4 amide bonds. The average Bonchev–Trinajstić information content (AvgIpc) is 2.82. The number of fused-ring (bicyclic) bond motifs is 1. The molecule has 0 aliphatic carbocycles. The second-order valence-corrected chi connectivity index (χ2v) is 8.45. The van der Waals surface area contributed by atoms with E-state index < -0.39 is 12.2 Å². The SMILES string of the molecule is CCOc1ccccc1NC(=O)CN1C(=O)N(Cc2ccc(C)cc2)C(=O)C2CCCNC21. The molecule has 2 aliphatic rings. The van der Waals surface area contributed by atoms with Gasteiger partial charge in [-0.3, -0.25) is 24.7 Å². The molecule has 0 radical (unpaired) electrons. The van der Waals surface area contributed by atoms with Gasteiger partial charge in [0.15, 0.2) is 0 Å². The van der Waals surface area contributed by atoms with Crippen LogP contribution >= 0.6 is 0 Å². The molecule has 0 spiro atoms. The number of nitrogens with zero attached hydrogens (tertiary/aromatic N) is 2. The summed E-state index contributed by atoms with van der Waals surface area (Å²) in [5.74, 6) is -0.323. The van der Waals surface area contributed by atoms with E-state index >= 15 is 0 Å². The van der Waals surface area contributed by atoms with E-state index in [4.69, 9.17) is 4.74 Å². The average molecular weight is 451 g/mol. The van der Waals surface area contributed by atoms with Gasteiger partial charge < -0.3 is 10.1 Å². The van der Waals surface area contributed by atoms with E-state index in [0.29, 0.717) is 31.0 Å². The lowest BCUT2D eigenvalue weighted by Crippen LogP contribution is -2.68. The summed E-state index contributed by atoms with van der Waals surface area (Å²) >= 11 is 0. The zero-order chi connectivity index (χ0) is 23.4. The van der Waals surface area contributed by atoms with Crippen LogP contribution in [0.1, 0.15) is 30.9 Å². The highest BCUT2D eigenvalue weighted by atomic mass is 16.5. The molecule has 4 rings (SSSR count). The minimum atomic E-state index is -0.485. The maximum absolute atomic E-state index is 13.4. The van der Waals surface area contributed by atoms with E-state index in [1.54, 1.807) is 12.1 Å². The highest BCUT2D eigenvalue weighted by molar-refractivity contribution is 6.01. The Morgan fingerprint density at radius 1 is 1.15 bits per heavy atom. The fourth-order valence-corrected chi connectivity index (χ4v) is 4.41. The van der Waals surface area contributed by atoms with Gasteiger partial charge >= 0.3 is 6.03 Å². The molecule has 2 aromatic carbocycles. The molecule has 8 nitrogen and oxygen atoms in total. The molecule has 2 aliphatic heterocycles. The van der Waals surface area contributed by atoms with Crippen LogP contribution in [0.4, 0.5) is 10.5 Å². The molecule has 174 valence electrons. The van der Waals surface area contributed by atoms with Crippen molar-refractivity contribution in [3.63, 3.8) is 0 Å². The third kappa shape index (κ3) is 5.01. The number of nitrogens with one attached hydrogen (secondary N) is 2. The molecule has 2 unspecified atom stereocenters. The number of amides is 4. The van der Waals surface area contributed by atoms with Gasteiger partial charge in [-0.05, 0) is 50.9 Å². The first-order valence-electron chi connectivity index (χ1n) is 11.4. The number of rotatable bonds is 7. The molecule has 2 heterocycles. The number of piperidine rings is 1. The first-order valence-corrected chi connectivity index (χ1v) is 11.4. The van der Waals surface area contributed by atoms with Gasteiger partial charge in [-0.25, -0.2) is 4.79 Å². The van der Waals surface area contributed by atoms with Crippen molar-refractivity contribution in [1.82, 2.24) is 15.1 Å². The van der Waals surface area contributed by atoms with Crippen molar-refractivity contribution in [1.29, 1.82) is 0 Å². The minimum Gasteiger partial charge on any atom is -0.492 e. The topological polar surface area (TPSA) is 91.0 Å². The number of carbonyl (C=O) groups excluding carboxylic acids is 3. The lowest BCUT2D eigenvalue weighted by atomic mass is 9.91. The molecule has 33 heavy (non-hydrogen) atoms. The van der Waals surface area contributed by atoms with Crippen LogP contribution in [0.5, 0.6) is 5.75 Å². The Hall–Kier alpha value is -3.39. The van der Waals surface area contributed by atoms with Crippen molar-refractivity contribution >= 4 is 23.5 Å². The second kappa shape index (κ2) is 10.0. The van der Waals surface area contributed by atoms with Crippen LogP contribution in [-0.4, -0.2) is 53.5 Å². The molecule has 0 aromatic heterocycles. The van der Waals surface area contributed by atoms with Gasteiger partial charge in [0.2, 0.25) is 11.8 Å². The number of urea groups is 1. The van der Waals surface area contributed by atoms with Gasteiger partial charge in [0.25, 0.3) is 0 Å². The number of hydrogen-bond donors (Lipinski definition) is 2. The predicted molar refractivity (Wildman–Crippen MR) is 125 cm³/mol. The van der Waals surface area contributed by atoms with Gasteiger partial charge in [-0.2, -0.15) is 0 Å². The molecular weight excluding hydrogens is 420 g/mol. The number of aryl methyl sites for hydroxylation is 1. The highest BCUT2D eigenvalue weighted by Gasteiger charge is 2.47. The molecule has 2 atom stereocenters. The van der Waals surface area contributed by atoms with Crippen molar-refractivity contribution in [2.24, 2.45) is 5.92 Å². The standard InChI is InChI=1S/C25H30N4O4/c1-3-33-21-9-5-4-8-20(21)27-22(30)16-28-23-19(7-6-14-26-23)24(31)29(25(28)32)15-18-12-10-17(2)11-13-18/h4-5,8-13,19,23,26H,3,6-7,14-16H2,1-2H3,(H,27,30). The Morgan fingerprint density at radius 2 is 1.91 bits per heavy atom. The fraction of sp³-hybridized carbons (Fsp3) is 0.400. The van der Waals surface area contributed by atoms with Crippen LogP contribution < -0.4 is 15.4 Å². The molecule has 0 bridgehead atoms. The summed E-state index contributed by atoms with van der Waals surface area (Å²) in [6, 6.07) is 14.5. The summed E-state index contributed by atoms with van der Waals surface area (Å²) in [4.78, 5) is 42.3. The third-order valence-corrected chi connectivity index (χ3v) is 6.06. The number of carbonyl (C=O) groups is 3. The minimum absolute atomic E-state index is 0.162. The second-order valence-electron chi connectivity index (χ2n) is 8.45. The lowest BCUT2D eigenvalue weighted by Gasteiger charge is -2.46. The number of anilines is 1. The van der Waals surface area contributed by atoms with E-state index in [1.807, 2.05) is 50.2 Å². The van der Waals surface area contributed by atoms with Gasteiger partial charge in [0, 0.05) is 0 Å². The maximum Gasteiger partial charge on any atom is 0.328 e. The Kier molecular flexibility index (Phi) is 6.93. The van der Waals surface area contributed by atoms with Crippen LogP contribution in [0, 0.1) is 12.8 Å². The van der Waals surface area contributed by atoms with Crippen molar-refractivity contribution in [2.45, 2.75) is 39.4 Å². The molecule has 2 aromatic rings. The van der Waals surface area contributed by atoms with Gasteiger partial charge in [-0.15, -0.1) is 0 Å². The predicted octanol–water partition coefficient (Wildman–Crippen LogP) is 3.12. The van der Waals surface area contributed by atoms with Crippen LogP contribution in [0.3, 0.4) is 0 Å². The normalized spacial score (nSPS) is 20.4. The number of para-hydroxylation sites is 2. The molecule has 2 saturated heterocycles. The molecule has 2 N–H and O–H groups in total. The summed E-state index contributed by atoms with van der Waals surface area (Å²) < 4.78 is 5.58. The van der Waals surface area contributed by atoms with Gasteiger partial charge in [0.1, 0.15) is 12.3 Å². The van der Waals surface area contributed by atoms with Gasteiger partial charge in [-0.1, -0.05) is 42.0 Å². The zero-order valence-electron chi connectivity index (χ0n) is 19.0. The third-order valence-electron chi connectivity index (χ3n) is 6.06. The number of imide groups is 1.